The van der Waals surface area contributed by atoms with Crippen LogP contribution in [-0.4, -0.2) is 24.6 Å². The quantitative estimate of drug-likeness (QED) is 0.661. The van der Waals surface area contributed by atoms with E-state index in [0.717, 1.165) is 23.9 Å². The van der Waals surface area contributed by atoms with Crippen LogP contribution in [0.25, 0.3) is 0 Å². The molecule has 1 rings (SSSR count). The lowest BCUT2D eigenvalue weighted by Gasteiger charge is -2.02. The SMILES string of the molecule is CCc1nc(S(C)(=O)=O)ncc1C. The number of sulfone groups is 1. The van der Waals surface area contributed by atoms with Gasteiger partial charge >= 0.3 is 0 Å². The van der Waals surface area contributed by atoms with Crippen LogP contribution in [0.4, 0.5) is 0 Å². The van der Waals surface area contributed by atoms with Crippen molar-refractivity contribution in [3.63, 3.8) is 0 Å². The smallest absolute Gasteiger partial charge is 0.227 e. The van der Waals surface area contributed by atoms with Crippen molar-refractivity contribution in [2.45, 2.75) is 25.4 Å². The van der Waals surface area contributed by atoms with Gasteiger partial charge in [0.25, 0.3) is 0 Å². The summed E-state index contributed by atoms with van der Waals surface area (Å²) >= 11 is 0. The minimum absolute atomic E-state index is 0.0880. The zero-order valence-corrected chi connectivity index (χ0v) is 8.72. The molecular formula is C8H12N2O2S. The number of hydrogen-bond acceptors (Lipinski definition) is 4. The van der Waals surface area contributed by atoms with Crippen LogP contribution in [-0.2, 0) is 16.3 Å². The molecule has 0 amide bonds. The maximum absolute atomic E-state index is 11.1. The van der Waals surface area contributed by atoms with Gasteiger partial charge in [-0.05, 0) is 18.9 Å². The first kappa shape index (κ1) is 10.1. The molecule has 0 aliphatic heterocycles. The van der Waals surface area contributed by atoms with E-state index in [0.29, 0.717) is 0 Å². The Hall–Kier alpha value is -0.970. The predicted octanol–water partition coefficient (Wildman–Crippen LogP) is 0.751. The van der Waals surface area contributed by atoms with Gasteiger partial charge in [0.2, 0.25) is 15.0 Å². The lowest BCUT2D eigenvalue weighted by molar-refractivity contribution is 0.591. The van der Waals surface area contributed by atoms with Crippen LogP contribution in [0.15, 0.2) is 11.4 Å². The molecule has 5 heteroatoms. The molecule has 0 aromatic carbocycles. The molecule has 1 heterocycles. The normalized spacial score (nSPS) is 11.6. The van der Waals surface area contributed by atoms with E-state index < -0.39 is 9.84 Å². The lowest BCUT2D eigenvalue weighted by atomic mass is 10.2. The highest BCUT2D eigenvalue weighted by Crippen LogP contribution is 2.07. The van der Waals surface area contributed by atoms with Gasteiger partial charge in [0.05, 0.1) is 0 Å². The number of aromatic nitrogens is 2. The second-order valence-electron chi connectivity index (χ2n) is 2.91. The molecule has 0 aliphatic rings. The Labute approximate surface area is 78.0 Å². The second-order valence-corrected chi connectivity index (χ2v) is 4.82. The Morgan fingerprint density at radius 1 is 1.46 bits per heavy atom. The summed E-state index contributed by atoms with van der Waals surface area (Å²) in [5.41, 5.74) is 1.71. The number of aryl methyl sites for hydroxylation is 2. The lowest BCUT2D eigenvalue weighted by Crippen LogP contribution is -2.06. The molecule has 0 N–H and O–H groups in total. The zero-order chi connectivity index (χ0) is 10.1. The molecule has 1 aromatic rings. The number of hydrogen-bond donors (Lipinski definition) is 0. The van der Waals surface area contributed by atoms with Crippen molar-refractivity contribution in [3.8, 4) is 0 Å². The van der Waals surface area contributed by atoms with Gasteiger partial charge < -0.3 is 0 Å². The monoisotopic (exact) mass is 200 g/mol. The third kappa shape index (κ3) is 2.24. The number of nitrogens with zero attached hydrogens (tertiary/aromatic N) is 2. The summed E-state index contributed by atoms with van der Waals surface area (Å²) in [7, 11) is -3.27. The van der Waals surface area contributed by atoms with Gasteiger partial charge in [-0.25, -0.2) is 18.4 Å². The van der Waals surface area contributed by atoms with Crippen LogP contribution in [0.2, 0.25) is 0 Å². The minimum Gasteiger partial charge on any atom is -0.227 e. The molecule has 0 atom stereocenters. The average Bonchev–Trinajstić information content (AvgIpc) is 2.03. The Kier molecular flexibility index (Phi) is 2.66. The van der Waals surface area contributed by atoms with Gasteiger partial charge in [0.1, 0.15) is 0 Å². The largest absolute Gasteiger partial charge is 0.246 e. The first-order valence-corrected chi connectivity index (χ1v) is 5.87. The van der Waals surface area contributed by atoms with E-state index in [1.54, 1.807) is 6.20 Å². The van der Waals surface area contributed by atoms with Gasteiger partial charge in [-0.1, -0.05) is 6.92 Å². The fourth-order valence-electron chi connectivity index (χ4n) is 0.996. The third-order valence-electron chi connectivity index (χ3n) is 1.72. The summed E-state index contributed by atoms with van der Waals surface area (Å²) in [6.07, 6.45) is 3.37. The minimum atomic E-state index is -3.27. The predicted molar refractivity (Wildman–Crippen MR) is 49.3 cm³/mol. The van der Waals surface area contributed by atoms with Gasteiger partial charge in [0, 0.05) is 18.1 Å². The van der Waals surface area contributed by atoms with Crippen LogP contribution in [0.1, 0.15) is 18.2 Å². The first-order chi connectivity index (χ1) is 5.95. The van der Waals surface area contributed by atoms with Gasteiger partial charge in [0.15, 0.2) is 0 Å². The zero-order valence-electron chi connectivity index (χ0n) is 7.90. The maximum atomic E-state index is 11.1. The summed E-state index contributed by atoms with van der Waals surface area (Å²) in [6.45, 7) is 3.80. The van der Waals surface area contributed by atoms with E-state index >= 15 is 0 Å². The molecule has 4 nitrogen and oxygen atoms in total. The van der Waals surface area contributed by atoms with Gasteiger partial charge in [-0.2, -0.15) is 0 Å². The van der Waals surface area contributed by atoms with Crippen molar-refractivity contribution in [1.82, 2.24) is 9.97 Å². The third-order valence-corrected chi connectivity index (χ3v) is 2.58. The summed E-state index contributed by atoms with van der Waals surface area (Å²) in [4.78, 5) is 7.72. The average molecular weight is 200 g/mol. The molecule has 0 radical (unpaired) electrons. The first-order valence-electron chi connectivity index (χ1n) is 3.97. The summed E-state index contributed by atoms with van der Waals surface area (Å²) in [5, 5.41) is -0.0880. The Balaban J connectivity index is 3.30. The summed E-state index contributed by atoms with van der Waals surface area (Å²) < 4.78 is 22.2. The fourth-order valence-corrected chi connectivity index (χ4v) is 1.52. The molecule has 0 saturated carbocycles. The molecule has 13 heavy (non-hydrogen) atoms. The number of rotatable bonds is 2. The van der Waals surface area contributed by atoms with Crippen molar-refractivity contribution in [3.05, 3.63) is 17.5 Å². The van der Waals surface area contributed by atoms with Crippen molar-refractivity contribution in [2.75, 3.05) is 6.26 Å². The topological polar surface area (TPSA) is 59.9 Å². The van der Waals surface area contributed by atoms with Crippen LogP contribution in [0.5, 0.6) is 0 Å². The standard InChI is InChI=1S/C8H12N2O2S/c1-4-7-6(2)5-9-8(10-7)13(3,11)12/h5H,4H2,1-3H3. The molecular weight excluding hydrogens is 188 g/mol. The molecule has 0 fully saturated rings. The Bertz CT molecular complexity index is 412. The maximum Gasteiger partial charge on any atom is 0.246 e. The Morgan fingerprint density at radius 3 is 2.54 bits per heavy atom. The van der Waals surface area contributed by atoms with Crippen molar-refractivity contribution in [2.24, 2.45) is 0 Å². The molecule has 0 unspecified atom stereocenters. The van der Waals surface area contributed by atoms with Crippen LogP contribution in [0, 0.1) is 6.92 Å². The van der Waals surface area contributed by atoms with Gasteiger partial charge in [-0.3, -0.25) is 0 Å². The summed E-state index contributed by atoms with van der Waals surface area (Å²) in [6, 6.07) is 0. The molecule has 72 valence electrons. The molecule has 0 bridgehead atoms. The van der Waals surface area contributed by atoms with Crippen molar-refractivity contribution >= 4 is 9.84 Å². The Morgan fingerprint density at radius 2 is 2.08 bits per heavy atom. The van der Waals surface area contributed by atoms with Crippen molar-refractivity contribution in [1.29, 1.82) is 0 Å². The van der Waals surface area contributed by atoms with E-state index in [-0.39, 0.29) is 5.16 Å². The van der Waals surface area contributed by atoms with Crippen LogP contribution in [0.3, 0.4) is 0 Å². The van der Waals surface area contributed by atoms with E-state index in [4.69, 9.17) is 0 Å². The van der Waals surface area contributed by atoms with E-state index in [1.807, 2.05) is 13.8 Å². The summed E-state index contributed by atoms with van der Waals surface area (Å²) in [5.74, 6) is 0. The molecule has 0 spiro atoms. The van der Waals surface area contributed by atoms with E-state index in [9.17, 15) is 8.42 Å². The second kappa shape index (κ2) is 3.41. The molecule has 1 aromatic heterocycles. The molecule has 0 saturated heterocycles. The highest BCUT2D eigenvalue weighted by molar-refractivity contribution is 7.90. The van der Waals surface area contributed by atoms with Crippen LogP contribution >= 0.6 is 0 Å². The van der Waals surface area contributed by atoms with Crippen LogP contribution < -0.4 is 0 Å². The van der Waals surface area contributed by atoms with E-state index in [1.165, 1.54) is 0 Å². The van der Waals surface area contributed by atoms with Crippen molar-refractivity contribution < 1.29 is 8.42 Å². The van der Waals surface area contributed by atoms with E-state index in [2.05, 4.69) is 9.97 Å². The highest BCUT2D eigenvalue weighted by atomic mass is 32.2. The highest BCUT2D eigenvalue weighted by Gasteiger charge is 2.11. The van der Waals surface area contributed by atoms with Gasteiger partial charge in [-0.15, -0.1) is 0 Å². The molecule has 0 aliphatic carbocycles. The fraction of sp³-hybridized carbons (Fsp3) is 0.500.